The highest BCUT2D eigenvalue weighted by atomic mass is 79.9. The summed E-state index contributed by atoms with van der Waals surface area (Å²) < 4.78 is 15.0. The number of alkyl halides is 2. The zero-order chi connectivity index (χ0) is 11.7. The first-order valence-corrected chi connectivity index (χ1v) is 6.62. The van der Waals surface area contributed by atoms with Crippen LogP contribution in [0.5, 0.6) is 0 Å². The van der Waals surface area contributed by atoms with Crippen molar-refractivity contribution in [1.29, 1.82) is 0 Å². The lowest BCUT2D eigenvalue weighted by molar-refractivity contribution is -0.221. The summed E-state index contributed by atoms with van der Waals surface area (Å²) in [6.45, 7) is 0.00204. The molecule has 1 heterocycles. The van der Waals surface area contributed by atoms with Crippen molar-refractivity contribution in [3.05, 3.63) is 0 Å². The van der Waals surface area contributed by atoms with E-state index < -0.39 is 12.6 Å². The van der Waals surface area contributed by atoms with Crippen molar-refractivity contribution in [3.8, 4) is 0 Å². The third kappa shape index (κ3) is 7.62. The Morgan fingerprint density at radius 3 is 2.40 bits per heavy atom. The predicted octanol–water partition coefficient (Wildman–Crippen LogP) is 0.461. The van der Waals surface area contributed by atoms with Crippen LogP contribution in [0.15, 0.2) is 0 Å². The molecule has 1 aliphatic rings. The first kappa shape index (κ1) is 15.8. The molecule has 1 aliphatic heterocycles. The molecule has 0 radical (unpaired) electrons. The fourth-order valence-corrected chi connectivity index (χ4v) is 1.22. The predicted molar refractivity (Wildman–Crippen MR) is 62.3 cm³/mol. The largest absolute Gasteiger partial charge is 0.394 e. The van der Waals surface area contributed by atoms with Crippen LogP contribution in [-0.2, 0) is 14.2 Å². The van der Waals surface area contributed by atoms with Gasteiger partial charge in [-0.3, -0.25) is 0 Å². The minimum atomic E-state index is -0.593. The van der Waals surface area contributed by atoms with Crippen LogP contribution in [0.4, 0.5) is 0 Å². The van der Waals surface area contributed by atoms with Crippen molar-refractivity contribution in [2.45, 2.75) is 18.7 Å². The van der Waals surface area contributed by atoms with Crippen LogP contribution in [0.25, 0.3) is 0 Å². The van der Waals surface area contributed by atoms with Gasteiger partial charge < -0.3 is 24.4 Å². The van der Waals surface area contributed by atoms with Crippen LogP contribution in [0, 0.1) is 0 Å². The topological polar surface area (TPSA) is 68.2 Å². The molecule has 1 saturated heterocycles. The number of hydrogen-bond acceptors (Lipinski definition) is 5. The summed E-state index contributed by atoms with van der Waals surface area (Å²) in [5, 5.41) is 17.7. The fourth-order valence-electron chi connectivity index (χ4n) is 0.675. The second kappa shape index (κ2) is 9.95. The summed E-state index contributed by atoms with van der Waals surface area (Å²) in [5.74, 6) is 0. The molecule has 3 atom stereocenters. The first-order valence-electron chi connectivity index (χ1n) is 4.38. The van der Waals surface area contributed by atoms with E-state index in [4.69, 9.17) is 24.4 Å². The molecule has 0 aliphatic carbocycles. The normalized spacial score (nSPS) is 27.0. The molecular weight excluding hydrogens is 336 g/mol. The van der Waals surface area contributed by atoms with Crippen LogP contribution in [0.3, 0.4) is 0 Å². The highest BCUT2D eigenvalue weighted by Crippen LogP contribution is 2.12. The summed E-state index contributed by atoms with van der Waals surface area (Å²) in [6, 6.07) is 0. The maximum atomic E-state index is 8.37. The Labute approximate surface area is 106 Å². The molecule has 0 amide bonds. The minimum absolute atomic E-state index is 0.148. The van der Waals surface area contributed by atoms with Gasteiger partial charge >= 0.3 is 0 Å². The van der Waals surface area contributed by atoms with Crippen LogP contribution in [-0.4, -0.2) is 59.9 Å². The molecule has 0 spiro atoms. The molecule has 0 aromatic rings. The number of halogens is 2. The summed E-state index contributed by atoms with van der Waals surface area (Å²) >= 11 is 6.24. The summed E-state index contributed by atoms with van der Waals surface area (Å²) in [7, 11) is 1.56. The molecule has 15 heavy (non-hydrogen) atoms. The summed E-state index contributed by atoms with van der Waals surface area (Å²) in [4.78, 5) is 0. The summed E-state index contributed by atoms with van der Waals surface area (Å²) in [6.07, 6.45) is -0.444. The van der Waals surface area contributed by atoms with E-state index in [0.29, 0.717) is 11.9 Å². The van der Waals surface area contributed by atoms with Crippen LogP contribution >= 0.6 is 31.9 Å². The van der Waals surface area contributed by atoms with Gasteiger partial charge in [0.05, 0.1) is 25.4 Å². The standard InChI is InChI=1S/C5H9BrO3.C3H7BrO2/c1-7-5-8-3-4(2-6)9-5;4-1-3(6)2-5/h4-5H,2-3H2,1H3;3,5-6H,1-2H2. The minimum Gasteiger partial charge on any atom is -0.394 e. The average molecular weight is 352 g/mol. The first-order chi connectivity index (χ1) is 7.17. The van der Waals surface area contributed by atoms with E-state index in [2.05, 4.69) is 31.9 Å². The molecule has 5 nitrogen and oxygen atoms in total. The molecular formula is C8H16Br2O5. The molecule has 0 aromatic heterocycles. The Morgan fingerprint density at radius 1 is 1.53 bits per heavy atom. The summed E-state index contributed by atoms with van der Waals surface area (Å²) in [5.41, 5.74) is 0. The highest BCUT2D eigenvalue weighted by Gasteiger charge is 2.24. The lowest BCUT2D eigenvalue weighted by Gasteiger charge is -2.05. The van der Waals surface area contributed by atoms with Gasteiger partial charge in [0.15, 0.2) is 0 Å². The Morgan fingerprint density at radius 2 is 2.20 bits per heavy atom. The van der Waals surface area contributed by atoms with E-state index in [9.17, 15) is 0 Å². The number of aliphatic hydroxyl groups excluding tert-OH is 2. The molecule has 2 N–H and O–H groups in total. The van der Waals surface area contributed by atoms with Gasteiger partial charge in [0, 0.05) is 17.8 Å². The van der Waals surface area contributed by atoms with Crippen LogP contribution < -0.4 is 0 Å². The third-order valence-electron chi connectivity index (χ3n) is 1.48. The Hall–Kier alpha value is 0.760. The van der Waals surface area contributed by atoms with E-state index in [0.717, 1.165) is 5.33 Å². The quantitative estimate of drug-likeness (QED) is 0.720. The lowest BCUT2D eigenvalue weighted by atomic mass is 10.5. The van der Waals surface area contributed by atoms with Crippen LogP contribution in [0.1, 0.15) is 0 Å². The van der Waals surface area contributed by atoms with Gasteiger partial charge in [-0.2, -0.15) is 0 Å². The van der Waals surface area contributed by atoms with Gasteiger partial charge in [-0.25, -0.2) is 0 Å². The van der Waals surface area contributed by atoms with Gasteiger partial charge in [0.2, 0.25) is 0 Å². The maximum absolute atomic E-state index is 8.37. The second-order valence-electron chi connectivity index (χ2n) is 2.76. The van der Waals surface area contributed by atoms with Gasteiger partial charge in [-0.05, 0) is 0 Å². The van der Waals surface area contributed by atoms with Gasteiger partial charge in [0.25, 0.3) is 6.48 Å². The van der Waals surface area contributed by atoms with Crippen molar-refractivity contribution in [2.75, 3.05) is 31.0 Å². The van der Waals surface area contributed by atoms with Gasteiger partial charge in [0.1, 0.15) is 0 Å². The zero-order valence-electron chi connectivity index (χ0n) is 8.44. The molecule has 3 unspecified atom stereocenters. The average Bonchev–Trinajstić information content (AvgIpc) is 2.76. The molecule has 1 fully saturated rings. The van der Waals surface area contributed by atoms with Crippen molar-refractivity contribution in [1.82, 2.24) is 0 Å². The molecule has 0 saturated carbocycles. The Balaban J connectivity index is 0.000000288. The second-order valence-corrected chi connectivity index (χ2v) is 4.06. The molecule has 92 valence electrons. The van der Waals surface area contributed by atoms with Gasteiger partial charge in [-0.1, -0.05) is 31.9 Å². The smallest absolute Gasteiger partial charge is 0.271 e. The van der Waals surface area contributed by atoms with E-state index >= 15 is 0 Å². The van der Waals surface area contributed by atoms with Crippen molar-refractivity contribution in [2.24, 2.45) is 0 Å². The number of hydrogen-bond donors (Lipinski definition) is 2. The third-order valence-corrected chi connectivity index (χ3v) is 2.94. The van der Waals surface area contributed by atoms with E-state index in [1.165, 1.54) is 0 Å². The monoisotopic (exact) mass is 350 g/mol. The Kier molecular flexibility index (Phi) is 10.5. The van der Waals surface area contributed by atoms with Crippen molar-refractivity contribution < 1.29 is 24.4 Å². The number of methoxy groups -OCH3 is 1. The fraction of sp³-hybridized carbons (Fsp3) is 1.00. The molecule has 7 heteroatoms. The Bertz CT molecular complexity index is 135. The lowest BCUT2D eigenvalue weighted by Crippen LogP contribution is -2.14. The van der Waals surface area contributed by atoms with Crippen molar-refractivity contribution >= 4 is 31.9 Å². The molecule has 0 bridgehead atoms. The van der Waals surface area contributed by atoms with E-state index in [-0.39, 0.29) is 12.7 Å². The molecule has 1 rings (SSSR count). The number of rotatable bonds is 4. The number of aliphatic hydroxyl groups is 2. The maximum Gasteiger partial charge on any atom is 0.271 e. The van der Waals surface area contributed by atoms with E-state index in [1.807, 2.05) is 0 Å². The van der Waals surface area contributed by atoms with Crippen LogP contribution in [0.2, 0.25) is 0 Å². The van der Waals surface area contributed by atoms with E-state index in [1.54, 1.807) is 7.11 Å². The van der Waals surface area contributed by atoms with Gasteiger partial charge in [-0.15, -0.1) is 0 Å². The highest BCUT2D eigenvalue weighted by molar-refractivity contribution is 9.09. The van der Waals surface area contributed by atoms with Crippen molar-refractivity contribution in [3.63, 3.8) is 0 Å². The number of ether oxygens (including phenoxy) is 3. The SMILES string of the molecule is COC1OCC(CBr)O1.OCC(O)CBr. The zero-order valence-corrected chi connectivity index (χ0v) is 11.6. The molecule has 0 aromatic carbocycles.